The van der Waals surface area contributed by atoms with E-state index in [-0.39, 0.29) is 18.3 Å². The van der Waals surface area contributed by atoms with Crippen LogP contribution in [0.5, 0.6) is 5.88 Å². The van der Waals surface area contributed by atoms with Crippen LogP contribution in [0.4, 0.5) is 0 Å². The Balaban J connectivity index is 0.000000307. The second-order valence-electron chi connectivity index (χ2n) is 7.73. The number of rotatable bonds is 10. The number of amides is 1. The second kappa shape index (κ2) is 14.7. The van der Waals surface area contributed by atoms with Gasteiger partial charge in [0.25, 0.3) is 5.87 Å². The minimum atomic E-state index is -2.75. The number of aliphatic hydroxyl groups is 2. The van der Waals surface area contributed by atoms with Crippen molar-refractivity contribution < 1.29 is 29.1 Å². The summed E-state index contributed by atoms with van der Waals surface area (Å²) < 4.78 is 12.5. The molecule has 0 spiro atoms. The first-order valence-corrected chi connectivity index (χ1v) is 13.8. The number of carbonyl (C=O) groups excluding carboxylic acids is 2. The number of nitrogens with zero attached hydrogens (tertiary/aromatic N) is 3. The summed E-state index contributed by atoms with van der Waals surface area (Å²) in [4.78, 5) is 28.2. The summed E-state index contributed by atoms with van der Waals surface area (Å²) in [7, 11) is 6.55. The van der Waals surface area contributed by atoms with Crippen LogP contribution in [0.15, 0.2) is 35.4 Å². The fraction of sp³-hybridized carbons (Fsp3) is 0.500. The number of benzene rings is 1. The molecule has 0 bridgehead atoms. The summed E-state index contributed by atoms with van der Waals surface area (Å²) in [5.41, 5.74) is 0. The van der Waals surface area contributed by atoms with Crippen molar-refractivity contribution in [3.63, 3.8) is 0 Å². The van der Waals surface area contributed by atoms with Gasteiger partial charge in [0.1, 0.15) is 6.29 Å². The van der Waals surface area contributed by atoms with E-state index < -0.39 is 14.0 Å². The number of hydrogen-bond acceptors (Lipinski definition) is 10. The first-order valence-electron chi connectivity index (χ1n) is 11.1. The van der Waals surface area contributed by atoms with Crippen molar-refractivity contribution in [1.29, 1.82) is 0 Å². The molecule has 35 heavy (non-hydrogen) atoms. The maximum Gasteiger partial charge on any atom is 0.261 e. The fourth-order valence-corrected chi connectivity index (χ4v) is 5.24. The number of likely N-dealkylation sites (N-methyl/N-ethyl adjacent to an activating group) is 1. The molecular weight excluding hydrogens is 490 g/mol. The lowest BCUT2D eigenvalue weighted by Crippen LogP contribution is -2.40. The third-order valence-corrected chi connectivity index (χ3v) is 7.37. The number of carbonyl (C=O) groups is 2. The molecule has 2 heterocycles. The maximum atomic E-state index is 11.0. The Labute approximate surface area is 212 Å². The Bertz CT molecular complexity index is 959. The Kier molecular flexibility index (Phi) is 12.4. The van der Waals surface area contributed by atoms with E-state index in [1.165, 1.54) is 0 Å². The van der Waals surface area contributed by atoms with E-state index in [4.69, 9.17) is 17.1 Å². The maximum absolute atomic E-state index is 11.0. The van der Waals surface area contributed by atoms with Gasteiger partial charge in [-0.15, -0.1) is 0 Å². The van der Waals surface area contributed by atoms with E-state index in [0.717, 1.165) is 36.5 Å². The van der Waals surface area contributed by atoms with Crippen molar-refractivity contribution in [2.24, 2.45) is 0 Å². The Morgan fingerprint density at radius 3 is 2.63 bits per heavy atom. The summed E-state index contributed by atoms with van der Waals surface area (Å²) in [6.07, 6.45) is 2.60. The lowest BCUT2D eigenvalue weighted by atomic mass is 10.1. The molecule has 1 fully saturated rings. The van der Waals surface area contributed by atoms with Crippen LogP contribution >= 0.6 is 20.1 Å². The highest BCUT2D eigenvalue weighted by Gasteiger charge is 2.20. The normalized spacial score (nSPS) is 15.7. The summed E-state index contributed by atoms with van der Waals surface area (Å²) in [6.45, 7) is 8.56. The Morgan fingerprint density at radius 1 is 1.29 bits per heavy atom. The first kappa shape index (κ1) is 29.4. The molecule has 0 aliphatic carbocycles. The van der Waals surface area contributed by atoms with Gasteiger partial charge in [-0.1, -0.05) is 6.07 Å². The Hall–Kier alpha value is -1.79. The monoisotopic (exact) mass is 522 g/mol. The standard InChI is InChI=1S/C15H18BN3O3S.C7H14NO3P/c1-18-7-9-19(10-8-18)23-13-4-2-3-12-11(13)5-6-17-14(12)22-15(16,20)21;1-3-11-12(2)6-7(10)8-4-5-9/h2-6,20-21H,7-10H2,1H3;5H,3-4,6H2,1-2H3,(H,8,10). The van der Waals surface area contributed by atoms with E-state index in [9.17, 15) is 19.8 Å². The molecule has 10 nitrogen and oxygen atoms in total. The molecule has 1 aromatic carbocycles. The lowest BCUT2D eigenvalue weighted by Gasteiger charge is -2.31. The number of aldehydes is 1. The van der Waals surface area contributed by atoms with Gasteiger partial charge in [-0.3, -0.25) is 4.79 Å². The van der Waals surface area contributed by atoms with Crippen LogP contribution in [0.25, 0.3) is 10.8 Å². The van der Waals surface area contributed by atoms with E-state index >= 15 is 0 Å². The van der Waals surface area contributed by atoms with E-state index in [0.29, 0.717) is 24.4 Å². The number of fused-ring (bicyclic) bond motifs is 1. The average molecular weight is 522 g/mol. The lowest BCUT2D eigenvalue weighted by molar-refractivity contribution is -0.224. The molecular formula is C22H32BN4O6PS. The number of aromatic nitrogens is 1. The molecule has 0 saturated carbocycles. The van der Waals surface area contributed by atoms with Gasteiger partial charge in [0.05, 0.1) is 12.7 Å². The van der Waals surface area contributed by atoms with Gasteiger partial charge < -0.3 is 34.5 Å². The van der Waals surface area contributed by atoms with Crippen LogP contribution in [0.1, 0.15) is 6.92 Å². The van der Waals surface area contributed by atoms with Crippen molar-refractivity contribution in [3.05, 3.63) is 30.5 Å². The predicted octanol–water partition coefficient (Wildman–Crippen LogP) is 0.997. The van der Waals surface area contributed by atoms with Crippen LogP contribution in [-0.4, -0.2) is 110 Å². The highest BCUT2D eigenvalue weighted by atomic mass is 32.2. The summed E-state index contributed by atoms with van der Waals surface area (Å²) in [6, 6.07) is 7.62. The van der Waals surface area contributed by atoms with Crippen molar-refractivity contribution in [3.8, 4) is 5.88 Å². The molecule has 2 radical (unpaired) electrons. The molecule has 1 amide bonds. The molecule has 1 atom stereocenters. The zero-order chi connectivity index (χ0) is 25.8. The SMILES string of the molecule is CCOP(C)CC(=O)NCC=O.[B]C(O)(O)Oc1nccc2c(SN3CCN(C)CC3)cccc12. The summed E-state index contributed by atoms with van der Waals surface area (Å²) in [5, 5.41) is 22.5. The fourth-order valence-electron chi connectivity index (χ4n) is 3.15. The third-order valence-electron chi connectivity index (χ3n) is 4.76. The Morgan fingerprint density at radius 2 is 2.00 bits per heavy atom. The predicted molar refractivity (Wildman–Crippen MR) is 139 cm³/mol. The smallest absolute Gasteiger partial charge is 0.261 e. The number of piperazine rings is 1. The first-order chi connectivity index (χ1) is 16.6. The van der Waals surface area contributed by atoms with Gasteiger partial charge in [-0.05, 0) is 50.8 Å². The quantitative estimate of drug-likeness (QED) is 0.137. The van der Waals surface area contributed by atoms with Gasteiger partial charge in [0.2, 0.25) is 19.6 Å². The van der Waals surface area contributed by atoms with Gasteiger partial charge in [-0.25, -0.2) is 9.29 Å². The van der Waals surface area contributed by atoms with Gasteiger partial charge in [0, 0.05) is 62.8 Å². The molecule has 2 aromatic rings. The number of nitrogens with one attached hydrogen (secondary N) is 1. The van der Waals surface area contributed by atoms with Crippen LogP contribution in [0.2, 0.25) is 0 Å². The van der Waals surface area contributed by atoms with Crippen LogP contribution < -0.4 is 10.1 Å². The van der Waals surface area contributed by atoms with Crippen LogP contribution in [0.3, 0.4) is 0 Å². The second-order valence-corrected chi connectivity index (χ2v) is 10.7. The number of pyridine rings is 1. The van der Waals surface area contributed by atoms with E-state index in [1.807, 2.05) is 37.9 Å². The van der Waals surface area contributed by atoms with Gasteiger partial charge in [0.15, 0.2) is 0 Å². The van der Waals surface area contributed by atoms with Crippen molar-refractivity contribution in [2.45, 2.75) is 17.7 Å². The molecule has 3 rings (SSSR count). The minimum absolute atomic E-state index is 0.0914. The summed E-state index contributed by atoms with van der Waals surface area (Å²) >= 11 is 1.69. The third kappa shape index (κ3) is 10.8. The zero-order valence-corrected chi connectivity index (χ0v) is 21.9. The molecule has 190 valence electrons. The van der Waals surface area contributed by atoms with Gasteiger partial charge >= 0.3 is 0 Å². The van der Waals surface area contributed by atoms with E-state index in [1.54, 1.807) is 18.1 Å². The van der Waals surface area contributed by atoms with E-state index in [2.05, 4.69) is 26.6 Å². The van der Waals surface area contributed by atoms with Crippen LogP contribution in [-0.2, 0) is 14.1 Å². The van der Waals surface area contributed by atoms with Gasteiger partial charge in [-0.2, -0.15) is 0 Å². The molecule has 13 heteroatoms. The molecule has 1 saturated heterocycles. The largest absolute Gasteiger partial charge is 0.431 e. The molecule has 1 aliphatic heterocycles. The molecule has 1 aromatic heterocycles. The highest BCUT2D eigenvalue weighted by molar-refractivity contribution is 7.97. The van der Waals surface area contributed by atoms with Crippen LogP contribution in [0, 0.1) is 0 Å². The highest BCUT2D eigenvalue weighted by Crippen LogP contribution is 2.34. The summed E-state index contributed by atoms with van der Waals surface area (Å²) in [5.74, 6) is -2.78. The molecule has 1 aliphatic rings. The zero-order valence-electron chi connectivity index (χ0n) is 20.2. The number of hydrogen-bond donors (Lipinski definition) is 3. The molecule has 1 unspecified atom stereocenters. The van der Waals surface area contributed by atoms with Crippen molar-refractivity contribution in [2.75, 3.05) is 59.2 Å². The van der Waals surface area contributed by atoms with Crippen molar-refractivity contribution >= 4 is 50.9 Å². The van der Waals surface area contributed by atoms with Crippen molar-refractivity contribution in [1.82, 2.24) is 19.5 Å². The average Bonchev–Trinajstić information content (AvgIpc) is 2.79. The topological polar surface area (TPSA) is 124 Å². The molecule has 3 N–H and O–H groups in total. The minimum Gasteiger partial charge on any atom is -0.431 e. The number of ether oxygens (including phenoxy) is 1.